The van der Waals surface area contributed by atoms with Crippen LogP contribution in [0.5, 0.6) is 0 Å². The molecule has 0 spiro atoms. The SMILES string of the molecule is Cc1ccc(N2CC(C(=O)Nc3ncccn3)CC2=O)cc1C. The van der Waals surface area contributed by atoms with Crippen molar-refractivity contribution >= 4 is 23.5 Å². The smallest absolute Gasteiger partial charge is 0.232 e. The van der Waals surface area contributed by atoms with E-state index in [1.807, 2.05) is 32.0 Å². The Kier molecular flexibility index (Phi) is 4.06. The number of aromatic nitrogens is 2. The molecule has 1 N–H and O–H groups in total. The van der Waals surface area contributed by atoms with Gasteiger partial charge in [0.25, 0.3) is 0 Å². The number of aryl methyl sites for hydroxylation is 2. The fourth-order valence-corrected chi connectivity index (χ4v) is 2.60. The molecule has 0 radical (unpaired) electrons. The van der Waals surface area contributed by atoms with Gasteiger partial charge in [0.2, 0.25) is 17.8 Å². The molecule has 23 heavy (non-hydrogen) atoms. The summed E-state index contributed by atoms with van der Waals surface area (Å²) >= 11 is 0. The number of hydrogen-bond acceptors (Lipinski definition) is 4. The molecule has 2 heterocycles. The molecule has 1 aliphatic heterocycles. The van der Waals surface area contributed by atoms with Crippen LogP contribution in [0.1, 0.15) is 17.5 Å². The quantitative estimate of drug-likeness (QED) is 0.942. The third-order valence-electron chi connectivity index (χ3n) is 4.10. The molecule has 2 aromatic rings. The van der Waals surface area contributed by atoms with Crippen molar-refractivity contribution in [2.45, 2.75) is 20.3 Å². The minimum absolute atomic E-state index is 0.0395. The van der Waals surface area contributed by atoms with Crippen molar-refractivity contribution in [2.24, 2.45) is 5.92 Å². The van der Waals surface area contributed by atoms with Crippen LogP contribution >= 0.6 is 0 Å². The van der Waals surface area contributed by atoms with Crippen molar-refractivity contribution in [2.75, 3.05) is 16.8 Å². The number of hydrogen-bond donors (Lipinski definition) is 1. The normalized spacial score (nSPS) is 17.4. The molecule has 118 valence electrons. The highest BCUT2D eigenvalue weighted by Crippen LogP contribution is 2.27. The summed E-state index contributed by atoms with van der Waals surface area (Å²) in [7, 11) is 0. The highest BCUT2D eigenvalue weighted by molar-refractivity contribution is 6.03. The standard InChI is InChI=1S/C17H18N4O2/c1-11-4-5-14(8-12(11)2)21-10-13(9-15(21)22)16(23)20-17-18-6-3-7-19-17/h3-8,13H,9-10H2,1-2H3,(H,18,19,20,23). The van der Waals surface area contributed by atoms with Crippen LogP contribution in [-0.2, 0) is 9.59 Å². The maximum atomic E-state index is 12.3. The Morgan fingerprint density at radius 2 is 1.96 bits per heavy atom. The number of nitrogens with one attached hydrogen (secondary N) is 1. The predicted molar refractivity (Wildman–Crippen MR) is 87.0 cm³/mol. The fraction of sp³-hybridized carbons (Fsp3) is 0.294. The third-order valence-corrected chi connectivity index (χ3v) is 4.10. The maximum absolute atomic E-state index is 12.3. The monoisotopic (exact) mass is 310 g/mol. The Balaban J connectivity index is 1.71. The summed E-state index contributed by atoms with van der Waals surface area (Å²) in [6.07, 6.45) is 3.32. The Hall–Kier alpha value is -2.76. The van der Waals surface area contributed by atoms with E-state index >= 15 is 0 Å². The molecule has 0 bridgehead atoms. The number of benzene rings is 1. The van der Waals surface area contributed by atoms with Crippen LogP contribution in [0.2, 0.25) is 0 Å². The van der Waals surface area contributed by atoms with Crippen LogP contribution in [0.3, 0.4) is 0 Å². The first kappa shape index (κ1) is 15.1. The molecular weight excluding hydrogens is 292 g/mol. The predicted octanol–water partition coefficient (Wildman–Crippen LogP) is 2.09. The first-order valence-corrected chi connectivity index (χ1v) is 7.50. The molecule has 1 aromatic carbocycles. The highest BCUT2D eigenvalue weighted by Gasteiger charge is 2.35. The van der Waals surface area contributed by atoms with Gasteiger partial charge in [-0.1, -0.05) is 6.07 Å². The second-order valence-corrected chi connectivity index (χ2v) is 5.74. The molecular formula is C17H18N4O2. The van der Waals surface area contributed by atoms with Crippen molar-refractivity contribution in [1.82, 2.24) is 9.97 Å². The maximum Gasteiger partial charge on any atom is 0.232 e. The minimum atomic E-state index is -0.395. The van der Waals surface area contributed by atoms with Crippen LogP contribution in [0.15, 0.2) is 36.7 Å². The van der Waals surface area contributed by atoms with Gasteiger partial charge in [0.05, 0.1) is 5.92 Å². The summed E-state index contributed by atoms with van der Waals surface area (Å²) in [6, 6.07) is 7.56. The molecule has 1 saturated heterocycles. The number of carbonyl (C=O) groups is 2. The van der Waals surface area contributed by atoms with Gasteiger partial charge >= 0.3 is 0 Å². The molecule has 1 fully saturated rings. The van der Waals surface area contributed by atoms with E-state index in [0.29, 0.717) is 6.54 Å². The Labute approximate surface area is 134 Å². The van der Waals surface area contributed by atoms with Gasteiger partial charge in [-0.25, -0.2) is 9.97 Å². The van der Waals surface area contributed by atoms with Gasteiger partial charge in [-0.3, -0.25) is 14.9 Å². The van der Waals surface area contributed by atoms with Crippen LogP contribution < -0.4 is 10.2 Å². The number of rotatable bonds is 3. The average molecular weight is 310 g/mol. The zero-order valence-corrected chi connectivity index (χ0v) is 13.1. The zero-order valence-electron chi connectivity index (χ0n) is 13.1. The molecule has 0 saturated carbocycles. The van der Waals surface area contributed by atoms with Crippen molar-refractivity contribution in [3.63, 3.8) is 0 Å². The molecule has 0 aliphatic carbocycles. The lowest BCUT2D eigenvalue weighted by molar-refractivity contribution is -0.122. The lowest BCUT2D eigenvalue weighted by atomic mass is 10.1. The van der Waals surface area contributed by atoms with Gasteiger partial charge in [0, 0.05) is 31.0 Å². The second kappa shape index (κ2) is 6.16. The third kappa shape index (κ3) is 3.21. The molecule has 6 nitrogen and oxygen atoms in total. The van der Waals surface area contributed by atoms with E-state index in [9.17, 15) is 9.59 Å². The molecule has 1 atom stereocenters. The van der Waals surface area contributed by atoms with Gasteiger partial charge in [-0.05, 0) is 43.2 Å². The van der Waals surface area contributed by atoms with E-state index in [0.717, 1.165) is 11.3 Å². The molecule has 1 aromatic heterocycles. The van der Waals surface area contributed by atoms with E-state index in [2.05, 4.69) is 15.3 Å². The van der Waals surface area contributed by atoms with E-state index in [1.54, 1.807) is 23.4 Å². The minimum Gasteiger partial charge on any atom is -0.312 e. The van der Waals surface area contributed by atoms with Crippen LogP contribution in [0.4, 0.5) is 11.6 Å². The van der Waals surface area contributed by atoms with Crippen molar-refractivity contribution < 1.29 is 9.59 Å². The lowest BCUT2D eigenvalue weighted by Crippen LogP contribution is -2.28. The van der Waals surface area contributed by atoms with Gasteiger partial charge in [-0.15, -0.1) is 0 Å². The summed E-state index contributed by atoms with van der Waals surface area (Å²) < 4.78 is 0. The van der Waals surface area contributed by atoms with Crippen molar-refractivity contribution in [3.8, 4) is 0 Å². The van der Waals surface area contributed by atoms with E-state index < -0.39 is 5.92 Å². The Morgan fingerprint density at radius 3 is 2.65 bits per heavy atom. The van der Waals surface area contributed by atoms with E-state index in [1.165, 1.54) is 5.56 Å². The molecule has 1 unspecified atom stereocenters. The van der Waals surface area contributed by atoms with Crippen LogP contribution in [-0.4, -0.2) is 28.3 Å². The summed E-state index contributed by atoms with van der Waals surface area (Å²) in [4.78, 5) is 34.1. The molecule has 1 aliphatic rings. The summed E-state index contributed by atoms with van der Waals surface area (Å²) in [5.41, 5.74) is 3.14. The van der Waals surface area contributed by atoms with Crippen molar-refractivity contribution in [1.29, 1.82) is 0 Å². The van der Waals surface area contributed by atoms with Gasteiger partial charge in [0.1, 0.15) is 0 Å². The summed E-state index contributed by atoms with van der Waals surface area (Å²) in [5.74, 6) is -0.402. The Bertz CT molecular complexity index is 746. The van der Waals surface area contributed by atoms with E-state index in [-0.39, 0.29) is 24.2 Å². The number of carbonyl (C=O) groups excluding carboxylic acids is 2. The average Bonchev–Trinajstić information content (AvgIpc) is 2.93. The van der Waals surface area contributed by atoms with Crippen LogP contribution in [0, 0.1) is 19.8 Å². The number of nitrogens with zero attached hydrogens (tertiary/aromatic N) is 3. The first-order chi connectivity index (χ1) is 11.0. The van der Waals surface area contributed by atoms with Gasteiger partial charge in [0.15, 0.2) is 0 Å². The topological polar surface area (TPSA) is 75.2 Å². The Morgan fingerprint density at radius 1 is 1.22 bits per heavy atom. The molecule has 2 amide bonds. The van der Waals surface area contributed by atoms with Gasteiger partial charge in [-0.2, -0.15) is 0 Å². The van der Waals surface area contributed by atoms with Gasteiger partial charge < -0.3 is 4.90 Å². The molecule has 3 rings (SSSR count). The highest BCUT2D eigenvalue weighted by atomic mass is 16.2. The molecule has 6 heteroatoms. The second-order valence-electron chi connectivity index (χ2n) is 5.74. The first-order valence-electron chi connectivity index (χ1n) is 7.50. The summed E-state index contributed by atoms with van der Waals surface area (Å²) in [6.45, 7) is 4.41. The number of amides is 2. The number of anilines is 2. The fourth-order valence-electron chi connectivity index (χ4n) is 2.60. The summed E-state index contributed by atoms with van der Waals surface area (Å²) in [5, 5.41) is 2.66. The lowest BCUT2D eigenvalue weighted by Gasteiger charge is -2.18. The van der Waals surface area contributed by atoms with Crippen LogP contribution in [0.25, 0.3) is 0 Å². The largest absolute Gasteiger partial charge is 0.312 e. The van der Waals surface area contributed by atoms with E-state index in [4.69, 9.17) is 0 Å². The zero-order chi connectivity index (χ0) is 16.4. The van der Waals surface area contributed by atoms with Crippen molar-refractivity contribution in [3.05, 3.63) is 47.8 Å².